The molecule has 1 aliphatic heterocycles. The lowest BCUT2D eigenvalue weighted by Crippen LogP contribution is -2.17. The summed E-state index contributed by atoms with van der Waals surface area (Å²) in [5.41, 5.74) is 2.51. The predicted molar refractivity (Wildman–Crippen MR) is 97.8 cm³/mol. The van der Waals surface area contributed by atoms with Crippen molar-refractivity contribution in [3.05, 3.63) is 47.1 Å². The number of rotatable bonds is 5. The van der Waals surface area contributed by atoms with Gasteiger partial charge in [0.2, 0.25) is 0 Å². The molecule has 1 saturated carbocycles. The number of hydrogen-bond acceptors (Lipinski definition) is 6. The maximum atomic E-state index is 11.7. The average Bonchev–Trinajstić information content (AvgIpc) is 3.39. The largest absolute Gasteiger partial charge is 0.368 e. The Labute approximate surface area is 149 Å². The fourth-order valence-corrected chi connectivity index (χ4v) is 3.20. The van der Waals surface area contributed by atoms with Gasteiger partial charge in [-0.15, -0.1) is 0 Å². The molecule has 0 unspecified atom stereocenters. The van der Waals surface area contributed by atoms with Crippen molar-refractivity contribution in [3.8, 4) is 11.3 Å². The monoisotopic (exact) mass is 352 g/mol. The second-order valence-corrected chi connectivity index (χ2v) is 7.11. The van der Waals surface area contributed by atoms with Gasteiger partial charge in [-0.25, -0.2) is 4.98 Å². The highest BCUT2D eigenvalue weighted by Crippen LogP contribution is 2.29. The molecule has 1 aromatic heterocycles. The summed E-state index contributed by atoms with van der Waals surface area (Å²) < 4.78 is 0. The molecule has 1 saturated heterocycles. The lowest BCUT2D eigenvalue weighted by Gasteiger charge is -2.07. The molecule has 0 bridgehead atoms. The molecular weight excluding hydrogens is 336 g/mol. The van der Waals surface area contributed by atoms with Crippen LogP contribution >= 0.6 is 11.8 Å². The number of nitrogens with one attached hydrogen (secondary N) is 2. The third kappa shape index (κ3) is 3.88. The van der Waals surface area contributed by atoms with E-state index in [1.54, 1.807) is 18.5 Å². The van der Waals surface area contributed by atoms with Gasteiger partial charge in [0, 0.05) is 12.1 Å². The molecule has 2 amide bonds. The van der Waals surface area contributed by atoms with Gasteiger partial charge < -0.3 is 5.32 Å². The quantitative estimate of drug-likeness (QED) is 0.804. The minimum Gasteiger partial charge on any atom is -0.368 e. The number of imide groups is 1. The van der Waals surface area contributed by atoms with Gasteiger partial charge in [0.25, 0.3) is 11.1 Å². The van der Waals surface area contributed by atoms with Crippen LogP contribution < -0.4 is 10.6 Å². The van der Waals surface area contributed by atoms with Crippen molar-refractivity contribution >= 4 is 34.8 Å². The molecular formula is C18H16N4O2S. The number of anilines is 1. The summed E-state index contributed by atoms with van der Waals surface area (Å²) in [4.78, 5) is 32.2. The molecule has 6 nitrogen and oxygen atoms in total. The fourth-order valence-electron chi connectivity index (χ4n) is 2.52. The zero-order chi connectivity index (χ0) is 17.2. The first-order chi connectivity index (χ1) is 12.2. The second-order valence-electron chi connectivity index (χ2n) is 6.09. The topological polar surface area (TPSA) is 84.0 Å². The van der Waals surface area contributed by atoms with Crippen LogP contribution in [0.25, 0.3) is 17.3 Å². The molecule has 0 radical (unpaired) electrons. The van der Waals surface area contributed by atoms with E-state index in [0.29, 0.717) is 4.91 Å². The summed E-state index contributed by atoms with van der Waals surface area (Å²) in [7, 11) is 0. The molecule has 25 heavy (non-hydrogen) atoms. The Morgan fingerprint density at radius 3 is 2.92 bits per heavy atom. The van der Waals surface area contributed by atoms with Gasteiger partial charge in [0.05, 0.1) is 23.0 Å². The summed E-state index contributed by atoms with van der Waals surface area (Å²) >= 11 is 0.911. The highest BCUT2D eigenvalue weighted by atomic mass is 32.2. The van der Waals surface area contributed by atoms with Crippen LogP contribution in [0, 0.1) is 5.92 Å². The summed E-state index contributed by atoms with van der Waals surface area (Å²) in [5, 5.41) is 5.24. The maximum Gasteiger partial charge on any atom is 0.290 e. The van der Waals surface area contributed by atoms with E-state index in [1.165, 1.54) is 12.8 Å². The van der Waals surface area contributed by atoms with Crippen LogP contribution in [0.5, 0.6) is 0 Å². The molecule has 4 rings (SSSR count). The molecule has 1 aliphatic carbocycles. The highest BCUT2D eigenvalue weighted by molar-refractivity contribution is 8.18. The molecule has 2 fully saturated rings. The molecule has 0 spiro atoms. The van der Waals surface area contributed by atoms with E-state index < -0.39 is 0 Å². The zero-order valence-electron chi connectivity index (χ0n) is 13.4. The van der Waals surface area contributed by atoms with Crippen LogP contribution in [0.15, 0.2) is 41.6 Å². The van der Waals surface area contributed by atoms with Crippen LogP contribution in [-0.4, -0.2) is 27.7 Å². The molecule has 2 aliphatic rings. The summed E-state index contributed by atoms with van der Waals surface area (Å²) in [6.45, 7) is 0.935. The van der Waals surface area contributed by atoms with Crippen molar-refractivity contribution in [2.45, 2.75) is 12.8 Å². The van der Waals surface area contributed by atoms with Gasteiger partial charge in [-0.3, -0.25) is 19.9 Å². The van der Waals surface area contributed by atoms with Crippen molar-refractivity contribution in [3.63, 3.8) is 0 Å². The Morgan fingerprint density at radius 2 is 2.16 bits per heavy atom. The number of hydrogen-bond donors (Lipinski definition) is 2. The van der Waals surface area contributed by atoms with Crippen LogP contribution in [0.1, 0.15) is 18.4 Å². The van der Waals surface area contributed by atoms with Crippen molar-refractivity contribution in [2.75, 3.05) is 11.9 Å². The molecule has 2 heterocycles. The summed E-state index contributed by atoms with van der Waals surface area (Å²) in [5.74, 6) is 1.18. The van der Waals surface area contributed by atoms with Crippen molar-refractivity contribution < 1.29 is 9.59 Å². The average molecular weight is 352 g/mol. The Morgan fingerprint density at radius 1 is 1.28 bits per heavy atom. The summed E-state index contributed by atoms with van der Waals surface area (Å²) in [6.07, 6.45) is 7.71. The molecule has 126 valence electrons. The van der Waals surface area contributed by atoms with Gasteiger partial charge in [0.1, 0.15) is 5.82 Å². The molecule has 0 atom stereocenters. The van der Waals surface area contributed by atoms with Crippen LogP contribution in [0.2, 0.25) is 0 Å². The number of amides is 2. The molecule has 1 aromatic carbocycles. The SMILES string of the molecule is O=C1NC(=O)C(=Cc2cccc(-c3cncc(NCC4CC4)n3)c2)S1. The maximum absolute atomic E-state index is 11.7. The zero-order valence-corrected chi connectivity index (χ0v) is 14.2. The van der Waals surface area contributed by atoms with Crippen molar-refractivity contribution in [1.29, 1.82) is 0 Å². The number of aromatic nitrogens is 2. The number of carbonyl (C=O) groups excluding carboxylic acids is 2. The normalized spacial score (nSPS) is 18.5. The van der Waals surface area contributed by atoms with E-state index in [4.69, 9.17) is 0 Å². The van der Waals surface area contributed by atoms with E-state index in [0.717, 1.165) is 46.9 Å². The first-order valence-electron chi connectivity index (χ1n) is 8.08. The number of benzene rings is 1. The van der Waals surface area contributed by atoms with E-state index in [1.807, 2.05) is 24.3 Å². The second kappa shape index (κ2) is 6.68. The molecule has 2 N–H and O–H groups in total. The Hall–Kier alpha value is -2.67. The fraction of sp³-hybridized carbons (Fsp3) is 0.222. The van der Waals surface area contributed by atoms with Crippen molar-refractivity contribution in [1.82, 2.24) is 15.3 Å². The van der Waals surface area contributed by atoms with Crippen LogP contribution in [0.3, 0.4) is 0 Å². The van der Waals surface area contributed by atoms with E-state index >= 15 is 0 Å². The minimum atomic E-state index is -0.355. The number of carbonyl (C=O) groups is 2. The predicted octanol–water partition coefficient (Wildman–Crippen LogP) is 3.29. The van der Waals surface area contributed by atoms with E-state index in [2.05, 4.69) is 20.6 Å². The van der Waals surface area contributed by atoms with Gasteiger partial charge in [-0.1, -0.05) is 18.2 Å². The standard InChI is InChI=1S/C18H16N4O2S/c23-17-15(25-18(24)22-17)7-12-2-1-3-13(6-12)14-9-19-10-16(21-14)20-8-11-4-5-11/h1-3,6-7,9-11H,4-5,8H2,(H,20,21)(H,22,23,24). The Bertz CT molecular complexity index is 877. The molecule has 7 heteroatoms. The Balaban J connectivity index is 1.56. The Kier molecular flexibility index (Phi) is 4.23. The minimum absolute atomic E-state index is 0.340. The van der Waals surface area contributed by atoms with Gasteiger partial charge in [0.15, 0.2) is 0 Å². The number of thioether (sulfide) groups is 1. The van der Waals surface area contributed by atoms with Gasteiger partial charge in [-0.05, 0) is 48.2 Å². The lowest BCUT2D eigenvalue weighted by molar-refractivity contribution is -0.115. The highest BCUT2D eigenvalue weighted by Gasteiger charge is 2.25. The van der Waals surface area contributed by atoms with Crippen LogP contribution in [0.4, 0.5) is 10.6 Å². The third-order valence-electron chi connectivity index (χ3n) is 4.03. The lowest BCUT2D eigenvalue weighted by atomic mass is 10.1. The number of nitrogens with zero attached hydrogens (tertiary/aromatic N) is 2. The van der Waals surface area contributed by atoms with Crippen molar-refractivity contribution in [2.24, 2.45) is 5.92 Å². The first-order valence-corrected chi connectivity index (χ1v) is 8.90. The van der Waals surface area contributed by atoms with Crippen LogP contribution in [-0.2, 0) is 4.79 Å². The van der Waals surface area contributed by atoms with Gasteiger partial charge in [-0.2, -0.15) is 0 Å². The summed E-state index contributed by atoms with van der Waals surface area (Å²) in [6, 6.07) is 7.66. The van der Waals surface area contributed by atoms with E-state index in [9.17, 15) is 9.59 Å². The smallest absolute Gasteiger partial charge is 0.290 e. The van der Waals surface area contributed by atoms with E-state index in [-0.39, 0.29) is 11.1 Å². The first kappa shape index (κ1) is 15.8. The third-order valence-corrected chi connectivity index (χ3v) is 4.84. The van der Waals surface area contributed by atoms with Gasteiger partial charge >= 0.3 is 0 Å². The molecule has 2 aromatic rings.